The van der Waals surface area contributed by atoms with Gasteiger partial charge in [0.1, 0.15) is 5.82 Å². The van der Waals surface area contributed by atoms with E-state index in [0.717, 1.165) is 11.3 Å². The molecule has 1 heterocycles. The van der Waals surface area contributed by atoms with Gasteiger partial charge in [0.25, 0.3) is 0 Å². The summed E-state index contributed by atoms with van der Waals surface area (Å²) in [4.78, 5) is 12.1. The molecule has 1 aromatic heterocycles. The van der Waals surface area contributed by atoms with Gasteiger partial charge in [-0.2, -0.15) is 5.10 Å². The fraction of sp³-hybridized carbons (Fsp3) is 0.158. The zero-order chi connectivity index (χ0) is 16.9. The Bertz CT molecular complexity index is 843. The number of aromatic nitrogens is 2. The van der Waals surface area contributed by atoms with Crippen LogP contribution in [0.15, 0.2) is 60.7 Å². The summed E-state index contributed by atoms with van der Waals surface area (Å²) in [5, 5.41) is 7.13. The number of benzene rings is 2. The van der Waals surface area contributed by atoms with Gasteiger partial charge in [0.2, 0.25) is 5.91 Å². The molecule has 0 aliphatic heterocycles. The van der Waals surface area contributed by atoms with Crippen molar-refractivity contribution in [3.05, 3.63) is 83.3 Å². The predicted octanol–water partition coefficient (Wildman–Crippen LogP) is 3.56. The number of carbonyl (C=O) groups is 1. The van der Waals surface area contributed by atoms with Crippen molar-refractivity contribution in [2.75, 3.05) is 5.32 Å². The lowest BCUT2D eigenvalue weighted by molar-refractivity contribution is -0.115. The number of aryl methyl sites for hydroxylation is 1. The fourth-order valence-electron chi connectivity index (χ4n) is 2.49. The summed E-state index contributed by atoms with van der Waals surface area (Å²) in [6.45, 7) is 2.20. The van der Waals surface area contributed by atoms with Crippen molar-refractivity contribution in [3.63, 3.8) is 0 Å². The second-order valence-corrected chi connectivity index (χ2v) is 5.63. The summed E-state index contributed by atoms with van der Waals surface area (Å²) in [6, 6.07) is 17.9. The van der Waals surface area contributed by atoms with Gasteiger partial charge in [0, 0.05) is 17.3 Å². The van der Waals surface area contributed by atoms with E-state index in [-0.39, 0.29) is 11.7 Å². The quantitative estimate of drug-likeness (QED) is 0.780. The number of halogens is 1. The fourth-order valence-corrected chi connectivity index (χ4v) is 2.49. The second kappa shape index (κ2) is 7.08. The number of hydrogen-bond acceptors (Lipinski definition) is 2. The Hall–Kier alpha value is -2.95. The normalized spacial score (nSPS) is 10.6. The highest BCUT2D eigenvalue weighted by molar-refractivity contribution is 5.91. The molecular weight excluding hydrogens is 305 g/mol. The third-order valence-electron chi connectivity index (χ3n) is 3.73. The Morgan fingerprint density at radius 2 is 1.83 bits per heavy atom. The minimum Gasteiger partial charge on any atom is -0.309 e. The number of carbonyl (C=O) groups excluding carboxylic acids is 1. The largest absolute Gasteiger partial charge is 0.309 e. The van der Waals surface area contributed by atoms with Crippen molar-refractivity contribution in [3.8, 4) is 0 Å². The van der Waals surface area contributed by atoms with Crippen LogP contribution in [0.2, 0.25) is 0 Å². The number of rotatable bonds is 5. The van der Waals surface area contributed by atoms with Gasteiger partial charge >= 0.3 is 0 Å². The molecular formula is C19H18FN3O. The predicted molar refractivity (Wildman–Crippen MR) is 91.2 cm³/mol. The van der Waals surface area contributed by atoms with E-state index < -0.39 is 0 Å². The molecule has 0 aliphatic rings. The number of nitrogens with zero attached hydrogens (tertiary/aromatic N) is 2. The van der Waals surface area contributed by atoms with Gasteiger partial charge in [0.05, 0.1) is 13.0 Å². The molecule has 0 fully saturated rings. The molecule has 0 saturated heterocycles. The highest BCUT2D eigenvalue weighted by Crippen LogP contribution is 2.14. The molecule has 3 aromatic rings. The minimum absolute atomic E-state index is 0.128. The van der Waals surface area contributed by atoms with Gasteiger partial charge < -0.3 is 5.32 Å². The van der Waals surface area contributed by atoms with Gasteiger partial charge in [0.15, 0.2) is 5.82 Å². The van der Waals surface area contributed by atoms with Crippen LogP contribution in [0, 0.1) is 12.7 Å². The van der Waals surface area contributed by atoms with Crippen LogP contribution in [-0.4, -0.2) is 15.7 Å². The van der Waals surface area contributed by atoms with Gasteiger partial charge in [-0.05, 0) is 18.6 Å². The molecule has 5 heteroatoms. The Morgan fingerprint density at radius 3 is 2.58 bits per heavy atom. The molecule has 0 spiro atoms. The molecule has 3 rings (SSSR count). The third-order valence-corrected chi connectivity index (χ3v) is 3.73. The summed E-state index contributed by atoms with van der Waals surface area (Å²) in [5.74, 6) is 0.0866. The Balaban J connectivity index is 1.68. The van der Waals surface area contributed by atoms with Crippen LogP contribution in [0.25, 0.3) is 0 Å². The van der Waals surface area contributed by atoms with Gasteiger partial charge in [-0.15, -0.1) is 0 Å². The lowest BCUT2D eigenvalue weighted by atomic mass is 10.1. The lowest BCUT2D eigenvalue weighted by Gasteiger charge is -2.05. The smallest absolute Gasteiger partial charge is 0.229 e. The van der Waals surface area contributed by atoms with Crippen LogP contribution >= 0.6 is 0 Å². The summed E-state index contributed by atoms with van der Waals surface area (Å²) in [6.07, 6.45) is 0.292. The van der Waals surface area contributed by atoms with Crippen LogP contribution in [0.3, 0.4) is 0 Å². The molecule has 1 amide bonds. The molecule has 4 nitrogen and oxygen atoms in total. The van der Waals surface area contributed by atoms with Gasteiger partial charge in [-0.25, -0.2) is 4.39 Å². The highest BCUT2D eigenvalue weighted by Gasteiger charge is 2.10. The minimum atomic E-state index is -0.262. The van der Waals surface area contributed by atoms with Crippen molar-refractivity contribution >= 4 is 11.7 Å². The molecule has 0 bridgehead atoms. The summed E-state index contributed by atoms with van der Waals surface area (Å²) in [5.41, 5.74) is 2.36. The van der Waals surface area contributed by atoms with E-state index in [1.54, 1.807) is 28.9 Å². The number of nitrogens with one attached hydrogen (secondary N) is 1. The Morgan fingerprint density at radius 1 is 1.12 bits per heavy atom. The topological polar surface area (TPSA) is 46.9 Å². The van der Waals surface area contributed by atoms with E-state index in [2.05, 4.69) is 10.4 Å². The molecule has 0 unspecified atom stereocenters. The highest BCUT2D eigenvalue weighted by atomic mass is 19.1. The molecule has 0 radical (unpaired) electrons. The summed E-state index contributed by atoms with van der Waals surface area (Å²) in [7, 11) is 0. The maximum Gasteiger partial charge on any atom is 0.229 e. The molecule has 0 atom stereocenters. The SMILES string of the molecule is Cc1cc(NC(=O)Cc2ccccc2)nn1Cc1ccccc1F. The van der Waals surface area contributed by atoms with E-state index in [1.807, 2.05) is 37.3 Å². The number of hydrogen-bond donors (Lipinski definition) is 1. The molecule has 122 valence electrons. The summed E-state index contributed by atoms with van der Waals surface area (Å²) < 4.78 is 15.4. The first-order valence-electron chi connectivity index (χ1n) is 7.73. The molecule has 2 aromatic carbocycles. The van der Waals surface area contributed by atoms with Gasteiger partial charge in [-0.3, -0.25) is 9.48 Å². The van der Waals surface area contributed by atoms with E-state index in [0.29, 0.717) is 24.3 Å². The maximum absolute atomic E-state index is 13.8. The Kier molecular flexibility index (Phi) is 4.70. The van der Waals surface area contributed by atoms with Crippen molar-refractivity contribution in [1.82, 2.24) is 9.78 Å². The average molecular weight is 323 g/mol. The van der Waals surface area contributed by atoms with Crippen LogP contribution in [0.1, 0.15) is 16.8 Å². The standard InChI is InChI=1S/C19H18FN3O/c1-14-11-18(21-19(24)12-15-7-3-2-4-8-15)22-23(14)13-16-9-5-6-10-17(16)20/h2-11H,12-13H2,1H3,(H,21,22,24). The van der Waals surface area contributed by atoms with Crippen LogP contribution in [-0.2, 0) is 17.8 Å². The molecule has 0 aliphatic carbocycles. The lowest BCUT2D eigenvalue weighted by Crippen LogP contribution is -2.15. The van der Waals surface area contributed by atoms with E-state index in [4.69, 9.17) is 0 Å². The van der Waals surface area contributed by atoms with Crippen LogP contribution < -0.4 is 5.32 Å². The average Bonchev–Trinajstić information content (AvgIpc) is 2.90. The van der Waals surface area contributed by atoms with Crippen molar-refractivity contribution in [2.24, 2.45) is 0 Å². The maximum atomic E-state index is 13.8. The second-order valence-electron chi connectivity index (χ2n) is 5.63. The van der Waals surface area contributed by atoms with Crippen molar-refractivity contribution < 1.29 is 9.18 Å². The van der Waals surface area contributed by atoms with Crippen molar-refractivity contribution in [1.29, 1.82) is 0 Å². The van der Waals surface area contributed by atoms with Gasteiger partial charge in [-0.1, -0.05) is 48.5 Å². The molecule has 0 saturated carbocycles. The van der Waals surface area contributed by atoms with E-state index in [9.17, 15) is 9.18 Å². The first-order valence-corrected chi connectivity index (χ1v) is 7.73. The zero-order valence-electron chi connectivity index (χ0n) is 13.4. The first kappa shape index (κ1) is 15.9. The number of anilines is 1. The van der Waals surface area contributed by atoms with Crippen LogP contribution in [0.4, 0.5) is 10.2 Å². The monoisotopic (exact) mass is 323 g/mol. The van der Waals surface area contributed by atoms with Crippen LogP contribution in [0.5, 0.6) is 0 Å². The number of amides is 1. The summed E-state index contributed by atoms with van der Waals surface area (Å²) >= 11 is 0. The molecule has 1 N–H and O–H groups in total. The first-order chi connectivity index (χ1) is 11.6. The van der Waals surface area contributed by atoms with Crippen molar-refractivity contribution in [2.45, 2.75) is 19.9 Å². The Labute approximate surface area is 139 Å². The zero-order valence-corrected chi connectivity index (χ0v) is 13.4. The van der Waals surface area contributed by atoms with E-state index in [1.165, 1.54) is 6.07 Å². The van der Waals surface area contributed by atoms with E-state index >= 15 is 0 Å². The molecule has 24 heavy (non-hydrogen) atoms. The third kappa shape index (κ3) is 3.87.